The topological polar surface area (TPSA) is 129 Å². The number of nitrogens with zero attached hydrogens (tertiary/aromatic N) is 3. The number of benzene rings is 3. The number of halogens is 5. The number of carbonyl (C=O) groups excluding carboxylic acids is 3. The molecule has 0 radical (unpaired) electrons. The SMILES string of the molecule is CN(C)Cc1ccc2c(=O)n(-c3ccc(CC(NC(=O)c4c(Cl)cccc4Cl)C(=O)OOC(=O)C(F)(F)F)cc3)c(=O)n(C)c2c1. The van der Waals surface area contributed by atoms with E-state index in [1.54, 1.807) is 18.2 Å². The number of alkyl halides is 3. The van der Waals surface area contributed by atoms with Crippen LogP contribution in [0.25, 0.3) is 16.6 Å². The molecule has 242 valence electrons. The van der Waals surface area contributed by atoms with Gasteiger partial charge in [-0.15, -0.1) is 0 Å². The van der Waals surface area contributed by atoms with Gasteiger partial charge >= 0.3 is 23.8 Å². The van der Waals surface area contributed by atoms with Crippen molar-refractivity contribution in [2.24, 2.45) is 7.05 Å². The normalized spacial score (nSPS) is 12.2. The van der Waals surface area contributed by atoms with E-state index in [0.717, 1.165) is 10.1 Å². The number of rotatable bonds is 8. The van der Waals surface area contributed by atoms with E-state index in [2.05, 4.69) is 15.1 Å². The monoisotopic (exact) mass is 680 g/mol. The molecule has 0 fully saturated rings. The van der Waals surface area contributed by atoms with Crippen LogP contribution in [-0.4, -0.2) is 58.2 Å². The highest BCUT2D eigenvalue weighted by atomic mass is 35.5. The van der Waals surface area contributed by atoms with Crippen LogP contribution in [0.1, 0.15) is 21.5 Å². The van der Waals surface area contributed by atoms with Crippen LogP contribution in [0.5, 0.6) is 0 Å². The predicted octanol–water partition coefficient (Wildman–Crippen LogP) is 3.96. The van der Waals surface area contributed by atoms with Crippen LogP contribution in [0.4, 0.5) is 13.2 Å². The summed E-state index contributed by atoms with van der Waals surface area (Å²) in [6.07, 6.45) is -5.85. The zero-order valence-electron chi connectivity index (χ0n) is 24.4. The molecule has 0 spiro atoms. The van der Waals surface area contributed by atoms with Crippen molar-refractivity contribution in [3.63, 3.8) is 0 Å². The van der Waals surface area contributed by atoms with Gasteiger partial charge in [-0.1, -0.05) is 47.5 Å². The molecule has 3 aromatic carbocycles. The summed E-state index contributed by atoms with van der Waals surface area (Å²) in [4.78, 5) is 73.0. The van der Waals surface area contributed by atoms with Crippen molar-refractivity contribution < 1.29 is 37.3 Å². The zero-order chi connectivity index (χ0) is 33.9. The van der Waals surface area contributed by atoms with Gasteiger partial charge in [0.25, 0.3) is 11.5 Å². The Bertz CT molecular complexity index is 1920. The number of hydrogen-bond acceptors (Lipinski definition) is 8. The predicted molar refractivity (Wildman–Crippen MR) is 162 cm³/mol. The summed E-state index contributed by atoms with van der Waals surface area (Å²) in [6.45, 7) is 0.597. The number of aryl methyl sites for hydroxylation is 1. The Hall–Kier alpha value is -4.66. The second kappa shape index (κ2) is 13.8. The first-order chi connectivity index (χ1) is 21.6. The van der Waals surface area contributed by atoms with E-state index in [9.17, 15) is 37.1 Å². The van der Waals surface area contributed by atoms with Crippen LogP contribution in [0, 0.1) is 0 Å². The highest BCUT2D eigenvalue weighted by Gasteiger charge is 2.43. The Morgan fingerprint density at radius 1 is 0.935 bits per heavy atom. The summed E-state index contributed by atoms with van der Waals surface area (Å²) in [5.41, 5.74) is 0.411. The molecule has 0 aliphatic carbocycles. The molecular formula is C30H25Cl2F3N4O7. The van der Waals surface area contributed by atoms with Gasteiger partial charge in [0.15, 0.2) is 0 Å². The van der Waals surface area contributed by atoms with Crippen molar-refractivity contribution in [2.45, 2.75) is 25.2 Å². The molecule has 1 heterocycles. The second-order valence-corrected chi connectivity index (χ2v) is 11.2. The number of nitrogens with one attached hydrogen (secondary N) is 1. The third-order valence-electron chi connectivity index (χ3n) is 6.68. The van der Waals surface area contributed by atoms with Gasteiger partial charge in [-0.2, -0.15) is 13.2 Å². The van der Waals surface area contributed by atoms with Gasteiger partial charge in [-0.3, -0.25) is 14.2 Å². The van der Waals surface area contributed by atoms with Crippen molar-refractivity contribution in [1.82, 2.24) is 19.4 Å². The minimum atomic E-state index is -5.45. The molecule has 1 unspecified atom stereocenters. The fourth-order valence-electron chi connectivity index (χ4n) is 4.53. The van der Waals surface area contributed by atoms with E-state index < -0.39 is 47.7 Å². The smallest absolute Gasteiger partial charge is 0.338 e. The fraction of sp³-hybridized carbons (Fsp3) is 0.233. The molecule has 0 bridgehead atoms. The van der Waals surface area contributed by atoms with Crippen molar-refractivity contribution in [2.75, 3.05) is 14.1 Å². The molecule has 0 aliphatic rings. The summed E-state index contributed by atoms with van der Waals surface area (Å²) in [6, 6.07) is 13.3. The van der Waals surface area contributed by atoms with Gasteiger partial charge in [-0.05, 0) is 61.6 Å². The van der Waals surface area contributed by atoms with Gasteiger partial charge in [-0.25, -0.2) is 28.7 Å². The molecule has 0 aliphatic heterocycles. The molecule has 16 heteroatoms. The van der Waals surface area contributed by atoms with E-state index in [0.29, 0.717) is 23.0 Å². The molecule has 1 aromatic heterocycles. The molecule has 0 saturated heterocycles. The standard InChI is InChI=1S/C30H25Cl2F3N4O7/c1-37(2)15-17-9-12-19-23(14-17)38(3)29(44)39(26(19)41)18-10-7-16(8-11-18)13-22(27(42)45-46-28(43)30(33,34)35)36-25(40)24-20(31)5-4-6-21(24)32/h4-12,14,22H,13,15H2,1-3H3,(H,36,40). The van der Waals surface area contributed by atoms with E-state index in [1.165, 1.54) is 54.1 Å². The molecule has 46 heavy (non-hydrogen) atoms. The minimum absolute atomic E-state index is 0.0821. The quantitative estimate of drug-likeness (QED) is 0.219. The Balaban J connectivity index is 1.64. The molecular weight excluding hydrogens is 656 g/mol. The first-order valence-corrected chi connectivity index (χ1v) is 14.1. The van der Waals surface area contributed by atoms with E-state index in [4.69, 9.17) is 23.2 Å². The maximum absolute atomic E-state index is 13.4. The summed E-state index contributed by atoms with van der Waals surface area (Å²) in [7, 11) is 5.31. The molecule has 1 N–H and O–H groups in total. The van der Waals surface area contributed by atoms with Crippen molar-refractivity contribution in [1.29, 1.82) is 0 Å². The third kappa shape index (κ3) is 7.58. The second-order valence-electron chi connectivity index (χ2n) is 10.3. The van der Waals surface area contributed by atoms with Gasteiger partial charge < -0.3 is 10.2 Å². The lowest BCUT2D eigenvalue weighted by molar-refractivity contribution is -0.286. The summed E-state index contributed by atoms with van der Waals surface area (Å²) >= 11 is 12.1. The van der Waals surface area contributed by atoms with Gasteiger partial charge in [0.1, 0.15) is 6.04 Å². The Labute approximate surface area is 268 Å². The summed E-state index contributed by atoms with van der Waals surface area (Å²) in [5.74, 6) is -5.32. The van der Waals surface area contributed by atoms with Crippen LogP contribution in [0.15, 0.2) is 70.3 Å². The molecule has 1 atom stereocenters. The Kier molecular flexibility index (Phi) is 10.2. The zero-order valence-corrected chi connectivity index (χ0v) is 25.9. The highest BCUT2D eigenvalue weighted by molar-refractivity contribution is 6.39. The number of carbonyl (C=O) groups is 3. The molecule has 11 nitrogen and oxygen atoms in total. The summed E-state index contributed by atoms with van der Waals surface area (Å²) < 4.78 is 40.0. The van der Waals surface area contributed by atoms with Crippen molar-refractivity contribution in [3.05, 3.63) is 108 Å². The number of hydrogen-bond donors (Lipinski definition) is 1. The molecule has 0 saturated carbocycles. The van der Waals surface area contributed by atoms with E-state index in [1.807, 2.05) is 19.0 Å². The van der Waals surface area contributed by atoms with E-state index in [-0.39, 0.29) is 21.3 Å². The Morgan fingerprint density at radius 3 is 2.13 bits per heavy atom. The van der Waals surface area contributed by atoms with Crippen LogP contribution in [0.3, 0.4) is 0 Å². The average Bonchev–Trinajstić information content (AvgIpc) is 2.98. The van der Waals surface area contributed by atoms with Crippen LogP contribution in [0.2, 0.25) is 10.0 Å². The largest absolute Gasteiger partial charge is 0.495 e. The highest BCUT2D eigenvalue weighted by Crippen LogP contribution is 2.25. The van der Waals surface area contributed by atoms with Crippen molar-refractivity contribution in [3.8, 4) is 5.69 Å². The molecule has 4 aromatic rings. The third-order valence-corrected chi connectivity index (χ3v) is 7.31. The lowest BCUT2D eigenvalue weighted by Gasteiger charge is -2.18. The van der Waals surface area contributed by atoms with Gasteiger partial charge in [0, 0.05) is 20.0 Å². The first-order valence-electron chi connectivity index (χ1n) is 13.3. The minimum Gasteiger partial charge on any atom is -0.338 e. The van der Waals surface area contributed by atoms with Gasteiger partial charge in [0.2, 0.25) is 0 Å². The Morgan fingerprint density at radius 2 is 1.54 bits per heavy atom. The molecule has 4 rings (SSSR count). The van der Waals surface area contributed by atoms with E-state index >= 15 is 0 Å². The van der Waals surface area contributed by atoms with Crippen molar-refractivity contribution >= 4 is 52.0 Å². The number of aromatic nitrogens is 2. The summed E-state index contributed by atoms with van der Waals surface area (Å²) in [5, 5.41) is 2.40. The number of fused-ring (bicyclic) bond motifs is 1. The van der Waals surface area contributed by atoms with Gasteiger partial charge in [0.05, 0.1) is 32.2 Å². The fourth-order valence-corrected chi connectivity index (χ4v) is 5.10. The van der Waals surface area contributed by atoms with Crippen LogP contribution in [-0.2, 0) is 39.4 Å². The van der Waals surface area contributed by atoms with Crippen LogP contribution < -0.4 is 16.6 Å². The average molecular weight is 681 g/mol. The lowest BCUT2D eigenvalue weighted by atomic mass is 10.0. The van der Waals surface area contributed by atoms with Crippen LogP contribution >= 0.6 is 23.2 Å². The maximum Gasteiger partial charge on any atom is 0.495 e. The maximum atomic E-state index is 13.4. The lowest BCUT2D eigenvalue weighted by Crippen LogP contribution is -2.44. The first kappa shape index (κ1) is 34.2. The molecule has 1 amide bonds. The number of amides is 1.